The molecule has 2 nitrogen and oxygen atoms in total. The van der Waals surface area contributed by atoms with Gasteiger partial charge in [-0.3, -0.25) is 0 Å². The largest absolute Gasteiger partial charge is 0.316 e. The first-order valence-corrected chi connectivity index (χ1v) is 7.84. The molecule has 0 radical (unpaired) electrons. The van der Waals surface area contributed by atoms with Crippen LogP contribution in [0.1, 0.15) is 60.3 Å². The summed E-state index contributed by atoms with van der Waals surface area (Å²) in [6.07, 6.45) is 5.26. The van der Waals surface area contributed by atoms with E-state index >= 15 is 0 Å². The van der Waals surface area contributed by atoms with Crippen LogP contribution in [-0.2, 0) is 0 Å². The Morgan fingerprint density at radius 2 is 2.00 bits per heavy atom. The van der Waals surface area contributed by atoms with Crippen molar-refractivity contribution in [3.05, 3.63) is 0 Å². The molecule has 1 atom stereocenters. The Balaban J connectivity index is 2.45. The Kier molecular flexibility index (Phi) is 6.13. The fourth-order valence-corrected chi connectivity index (χ4v) is 3.08. The maximum Gasteiger partial charge on any atom is 0.00476 e. The average Bonchev–Trinajstić information content (AvgIpc) is 2.28. The zero-order valence-electron chi connectivity index (χ0n) is 13.3. The number of piperidine rings is 1. The first-order valence-electron chi connectivity index (χ1n) is 7.84. The van der Waals surface area contributed by atoms with Gasteiger partial charge in [0.25, 0.3) is 0 Å². The summed E-state index contributed by atoms with van der Waals surface area (Å²) in [5.74, 6) is 0. The zero-order valence-corrected chi connectivity index (χ0v) is 13.3. The molecule has 0 saturated carbocycles. The Morgan fingerprint density at radius 3 is 2.56 bits per heavy atom. The van der Waals surface area contributed by atoms with Crippen LogP contribution in [0.4, 0.5) is 0 Å². The fourth-order valence-electron chi connectivity index (χ4n) is 3.08. The lowest BCUT2D eigenvalue weighted by Gasteiger charge is -2.42. The molecule has 1 fully saturated rings. The predicted octanol–water partition coefficient (Wildman–Crippen LogP) is 3.52. The highest BCUT2D eigenvalue weighted by atomic mass is 15.1. The number of nitrogens with zero attached hydrogens (tertiary/aromatic N) is 1. The summed E-state index contributed by atoms with van der Waals surface area (Å²) >= 11 is 0. The molecule has 1 N–H and O–H groups in total. The molecule has 1 aliphatic rings. The number of hydrogen-bond donors (Lipinski definition) is 1. The van der Waals surface area contributed by atoms with Crippen LogP contribution in [0.2, 0.25) is 0 Å². The first kappa shape index (κ1) is 16.0. The molecule has 0 bridgehead atoms. The molecule has 0 amide bonds. The van der Waals surface area contributed by atoms with Crippen molar-refractivity contribution in [1.82, 2.24) is 10.2 Å². The normalized spacial score (nSPS) is 23.8. The van der Waals surface area contributed by atoms with Crippen molar-refractivity contribution < 1.29 is 0 Å². The van der Waals surface area contributed by atoms with Gasteiger partial charge in [0.2, 0.25) is 0 Å². The zero-order chi connectivity index (χ0) is 13.6. The minimum absolute atomic E-state index is 0.433. The molecular formula is C16H34N2. The second kappa shape index (κ2) is 6.91. The molecule has 0 aromatic rings. The highest BCUT2D eigenvalue weighted by Crippen LogP contribution is 2.31. The monoisotopic (exact) mass is 254 g/mol. The second-order valence-corrected chi connectivity index (χ2v) is 7.32. The van der Waals surface area contributed by atoms with Gasteiger partial charge in [0, 0.05) is 19.6 Å². The van der Waals surface area contributed by atoms with Crippen molar-refractivity contribution in [2.75, 3.05) is 32.7 Å². The third kappa shape index (κ3) is 5.27. The highest BCUT2D eigenvalue weighted by Gasteiger charge is 2.31. The standard InChI is InChI=1S/C16H34N2/c1-6-10-17-12-16(5,7-2)14-18-11-8-9-15(3,4)13-18/h17H,6-14H2,1-5H3. The Labute approximate surface area is 115 Å². The van der Waals surface area contributed by atoms with E-state index in [1.54, 1.807) is 0 Å². The highest BCUT2D eigenvalue weighted by molar-refractivity contribution is 4.85. The third-order valence-corrected chi connectivity index (χ3v) is 4.42. The summed E-state index contributed by atoms with van der Waals surface area (Å²) < 4.78 is 0. The molecule has 1 heterocycles. The van der Waals surface area contributed by atoms with Crippen molar-refractivity contribution in [3.8, 4) is 0 Å². The van der Waals surface area contributed by atoms with Crippen LogP contribution in [0.3, 0.4) is 0 Å². The van der Waals surface area contributed by atoms with Crippen LogP contribution < -0.4 is 5.32 Å². The topological polar surface area (TPSA) is 15.3 Å². The molecule has 18 heavy (non-hydrogen) atoms. The number of nitrogens with one attached hydrogen (secondary N) is 1. The number of hydrogen-bond acceptors (Lipinski definition) is 2. The van der Waals surface area contributed by atoms with E-state index < -0.39 is 0 Å². The molecule has 0 spiro atoms. The van der Waals surface area contributed by atoms with E-state index in [-0.39, 0.29) is 0 Å². The molecule has 108 valence electrons. The van der Waals surface area contributed by atoms with Gasteiger partial charge in [-0.05, 0) is 49.6 Å². The summed E-state index contributed by atoms with van der Waals surface area (Å²) in [5.41, 5.74) is 0.951. The van der Waals surface area contributed by atoms with Gasteiger partial charge in [-0.1, -0.05) is 34.6 Å². The van der Waals surface area contributed by atoms with Crippen molar-refractivity contribution in [3.63, 3.8) is 0 Å². The maximum atomic E-state index is 3.61. The molecule has 0 aliphatic carbocycles. The maximum absolute atomic E-state index is 3.61. The molecule has 1 aliphatic heterocycles. The van der Waals surface area contributed by atoms with Gasteiger partial charge in [-0.15, -0.1) is 0 Å². The van der Waals surface area contributed by atoms with Crippen molar-refractivity contribution in [2.45, 2.75) is 60.3 Å². The SMILES string of the molecule is CCCNCC(C)(CC)CN1CCCC(C)(C)C1. The van der Waals surface area contributed by atoms with E-state index in [0.29, 0.717) is 10.8 Å². The molecule has 1 rings (SSSR count). The lowest BCUT2D eigenvalue weighted by Crippen LogP contribution is -2.47. The van der Waals surface area contributed by atoms with E-state index in [1.807, 2.05) is 0 Å². The van der Waals surface area contributed by atoms with Gasteiger partial charge in [-0.25, -0.2) is 0 Å². The second-order valence-electron chi connectivity index (χ2n) is 7.32. The Morgan fingerprint density at radius 1 is 1.28 bits per heavy atom. The van der Waals surface area contributed by atoms with Crippen LogP contribution in [0.15, 0.2) is 0 Å². The minimum atomic E-state index is 0.433. The van der Waals surface area contributed by atoms with E-state index in [9.17, 15) is 0 Å². The smallest absolute Gasteiger partial charge is 0.00476 e. The van der Waals surface area contributed by atoms with Crippen LogP contribution in [0.25, 0.3) is 0 Å². The Hall–Kier alpha value is -0.0800. The molecule has 0 aromatic heterocycles. The van der Waals surface area contributed by atoms with E-state index in [0.717, 1.165) is 13.1 Å². The summed E-state index contributed by atoms with van der Waals surface area (Å²) in [4.78, 5) is 2.70. The summed E-state index contributed by atoms with van der Waals surface area (Å²) in [5, 5.41) is 3.61. The van der Waals surface area contributed by atoms with Gasteiger partial charge in [0.1, 0.15) is 0 Å². The van der Waals surface area contributed by atoms with Crippen molar-refractivity contribution in [2.24, 2.45) is 10.8 Å². The van der Waals surface area contributed by atoms with E-state index in [2.05, 4.69) is 44.8 Å². The van der Waals surface area contributed by atoms with Crippen LogP contribution in [0, 0.1) is 10.8 Å². The quantitative estimate of drug-likeness (QED) is 0.699. The van der Waals surface area contributed by atoms with Gasteiger partial charge in [-0.2, -0.15) is 0 Å². The molecule has 1 unspecified atom stereocenters. The van der Waals surface area contributed by atoms with E-state index in [4.69, 9.17) is 0 Å². The van der Waals surface area contributed by atoms with Crippen molar-refractivity contribution >= 4 is 0 Å². The fraction of sp³-hybridized carbons (Fsp3) is 1.00. The summed E-state index contributed by atoms with van der Waals surface area (Å²) in [6.45, 7) is 18.0. The van der Waals surface area contributed by atoms with Crippen LogP contribution >= 0.6 is 0 Å². The number of rotatable bonds is 7. The lowest BCUT2D eigenvalue weighted by atomic mass is 9.81. The molecule has 0 aromatic carbocycles. The van der Waals surface area contributed by atoms with Crippen LogP contribution in [0.5, 0.6) is 0 Å². The average molecular weight is 254 g/mol. The van der Waals surface area contributed by atoms with Gasteiger partial charge >= 0.3 is 0 Å². The number of likely N-dealkylation sites (tertiary alicyclic amines) is 1. The predicted molar refractivity (Wildman–Crippen MR) is 81.0 cm³/mol. The minimum Gasteiger partial charge on any atom is -0.316 e. The van der Waals surface area contributed by atoms with Gasteiger partial charge in [0.15, 0.2) is 0 Å². The van der Waals surface area contributed by atoms with E-state index in [1.165, 1.54) is 45.3 Å². The summed E-state index contributed by atoms with van der Waals surface area (Å²) in [6, 6.07) is 0. The third-order valence-electron chi connectivity index (χ3n) is 4.42. The summed E-state index contributed by atoms with van der Waals surface area (Å²) in [7, 11) is 0. The molecular weight excluding hydrogens is 220 g/mol. The van der Waals surface area contributed by atoms with Gasteiger partial charge in [0.05, 0.1) is 0 Å². The molecule has 1 saturated heterocycles. The van der Waals surface area contributed by atoms with Gasteiger partial charge < -0.3 is 10.2 Å². The Bertz CT molecular complexity index is 237. The molecule has 2 heteroatoms. The first-order chi connectivity index (χ1) is 8.41. The van der Waals surface area contributed by atoms with Crippen molar-refractivity contribution in [1.29, 1.82) is 0 Å². The lowest BCUT2D eigenvalue weighted by molar-refractivity contribution is 0.0728. The van der Waals surface area contributed by atoms with Crippen LogP contribution in [-0.4, -0.2) is 37.6 Å².